The van der Waals surface area contributed by atoms with E-state index in [0.717, 1.165) is 0 Å². The van der Waals surface area contributed by atoms with Gasteiger partial charge < -0.3 is 10.1 Å². The molecule has 0 spiro atoms. The standard InChI is InChI=1S/C16H14BrN3O5/c1-19(16(22)25-2)12-6-4-11(5-7-12)18-15(21)10-3-8-13(17)14(9-10)20(23)24/h3-9H,1-2H3,(H,18,21). The first kappa shape index (κ1) is 18.4. The number of nitrogens with one attached hydrogen (secondary N) is 1. The third-order valence-electron chi connectivity index (χ3n) is 3.37. The van der Waals surface area contributed by atoms with Crippen molar-refractivity contribution < 1.29 is 19.2 Å². The summed E-state index contributed by atoms with van der Waals surface area (Å²) in [4.78, 5) is 35.4. The van der Waals surface area contributed by atoms with E-state index in [2.05, 4.69) is 26.0 Å². The second-order valence-corrected chi connectivity index (χ2v) is 5.81. The fourth-order valence-corrected chi connectivity index (χ4v) is 2.40. The third kappa shape index (κ3) is 4.32. The third-order valence-corrected chi connectivity index (χ3v) is 4.04. The lowest BCUT2D eigenvalue weighted by Gasteiger charge is -2.16. The SMILES string of the molecule is COC(=O)N(C)c1ccc(NC(=O)c2ccc(Br)c([N+](=O)[O-])c2)cc1. The van der Waals surface area contributed by atoms with Gasteiger partial charge in [-0.25, -0.2) is 4.79 Å². The van der Waals surface area contributed by atoms with E-state index in [1.807, 2.05) is 0 Å². The Bertz CT molecular complexity index is 823. The van der Waals surface area contributed by atoms with Crippen LogP contribution >= 0.6 is 15.9 Å². The number of hydrogen-bond acceptors (Lipinski definition) is 5. The Morgan fingerprint density at radius 1 is 1.20 bits per heavy atom. The van der Waals surface area contributed by atoms with Gasteiger partial charge in [0, 0.05) is 30.1 Å². The predicted octanol–water partition coefficient (Wildman–Crippen LogP) is 3.81. The molecular weight excluding hydrogens is 394 g/mol. The summed E-state index contributed by atoms with van der Waals surface area (Å²) in [5.74, 6) is -0.482. The second-order valence-electron chi connectivity index (χ2n) is 4.95. The van der Waals surface area contributed by atoms with Crippen molar-refractivity contribution >= 4 is 45.0 Å². The number of nitrogens with zero attached hydrogens (tertiary/aromatic N) is 2. The second kappa shape index (κ2) is 7.75. The Kier molecular flexibility index (Phi) is 5.71. The lowest BCUT2D eigenvalue weighted by molar-refractivity contribution is -0.385. The van der Waals surface area contributed by atoms with Crippen LogP contribution in [-0.2, 0) is 4.74 Å². The first-order valence-electron chi connectivity index (χ1n) is 7.00. The first-order valence-corrected chi connectivity index (χ1v) is 7.80. The summed E-state index contributed by atoms with van der Waals surface area (Å²) in [5, 5.41) is 13.6. The van der Waals surface area contributed by atoms with Gasteiger partial charge in [-0.15, -0.1) is 0 Å². The number of anilines is 2. The molecule has 25 heavy (non-hydrogen) atoms. The van der Waals surface area contributed by atoms with Crippen molar-refractivity contribution in [3.05, 3.63) is 62.6 Å². The molecule has 0 saturated carbocycles. The number of hydrogen-bond donors (Lipinski definition) is 1. The molecule has 0 aliphatic rings. The lowest BCUT2D eigenvalue weighted by atomic mass is 10.2. The largest absolute Gasteiger partial charge is 0.452 e. The molecule has 9 heteroatoms. The molecule has 0 aliphatic heterocycles. The molecule has 0 fully saturated rings. The summed E-state index contributed by atoms with van der Waals surface area (Å²) < 4.78 is 4.91. The van der Waals surface area contributed by atoms with E-state index in [9.17, 15) is 19.7 Å². The Labute approximate surface area is 151 Å². The zero-order valence-electron chi connectivity index (χ0n) is 13.4. The number of halogens is 1. The molecule has 0 aliphatic carbocycles. The van der Waals surface area contributed by atoms with Crippen molar-refractivity contribution in [2.24, 2.45) is 0 Å². The van der Waals surface area contributed by atoms with E-state index >= 15 is 0 Å². The van der Waals surface area contributed by atoms with Gasteiger partial charge in [0.2, 0.25) is 0 Å². The van der Waals surface area contributed by atoms with Crippen LogP contribution in [0, 0.1) is 10.1 Å². The van der Waals surface area contributed by atoms with Gasteiger partial charge in [0.1, 0.15) is 0 Å². The van der Waals surface area contributed by atoms with E-state index in [-0.39, 0.29) is 11.3 Å². The molecular formula is C16H14BrN3O5. The van der Waals surface area contributed by atoms with Crippen molar-refractivity contribution in [2.75, 3.05) is 24.4 Å². The number of rotatable bonds is 4. The number of amides is 2. The van der Waals surface area contributed by atoms with Crippen LogP contribution in [0.3, 0.4) is 0 Å². The van der Waals surface area contributed by atoms with Gasteiger partial charge in [-0.05, 0) is 52.3 Å². The normalized spacial score (nSPS) is 10.0. The number of methoxy groups -OCH3 is 1. The molecule has 0 atom stereocenters. The first-order chi connectivity index (χ1) is 11.8. The van der Waals surface area contributed by atoms with Crippen LogP contribution in [-0.4, -0.2) is 31.1 Å². The van der Waals surface area contributed by atoms with Crippen molar-refractivity contribution in [3.63, 3.8) is 0 Å². The molecule has 1 N–H and O–H groups in total. The zero-order chi connectivity index (χ0) is 18.6. The van der Waals surface area contributed by atoms with Gasteiger partial charge in [0.15, 0.2) is 0 Å². The molecule has 0 aromatic heterocycles. The molecule has 0 saturated heterocycles. The fraction of sp³-hybridized carbons (Fsp3) is 0.125. The van der Waals surface area contributed by atoms with Crippen LogP contribution in [0.5, 0.6) is 0 Å². The minimum Gasteiger partial charge on any atom is -0.452 e. The Morgan fingerprint density at radius 3 is 2.40 bits per heavy atom. The molecule has 8 nitrogen and oxygen atoms in total. The van der Waals surface area contributed by atoms with Crippen molar-refractivity contribution in [3.8, 4) is 0 Å². The molecule has 2 aromatic rings. The Hall–Kier alpha value is -2.94. The Morgan fingerprint density at radius 2 is 1.84 bits per heavy atom. The van der Waals surface area contributed by atoms with Gasteiger partial charge >= 0.3 is 6.09 Å². The van der Waals surface area contributed by atoms with E-state index in [4.69, 9.17) is 0 Å². The highest BCUT2D eigenvalue weighted by Gasteiger charge is 2.16. The van der Waals surface area contributed by atoms with E-state index in [0.29, 0.717) is 15.8 Å². The number of carbonyl (C=O) groups is 2. The number of benzene rings is 2. The quantitative estimate of drug-likeness (QED) is 0.612. The highest BCUT2D eigenvalue weighted by atomic mass is 79.9. The van der Waals surface area contributed by atoms with Crippen molar-refractivity contribution in [1.82, 2.24) is 0 Å². The monoisotopic (exact) mass is 407 g/mol. The van der Waals surface area contributed by atoms with E-state index in [1.165, 1.54) is 30.2 Å². The summed E-state index contributed by atoms with van der Waals surface area (Å²) in [6.07, 6.45) is -0.515. The highest BCUT2D eigenvalue weighted by Crippen LogP contribution is 2.26. The van der Waals surface area contributed by atoms with Crippen LogP contribution in [0.2, 0.25) is 0 Å². The molecule has 2 rings (SSSR count). The molecule has 0 heterocycles. The maximum Gasteiger partial charge on any atom is 0.413 e. The summed E-state index contributed by atoms with van der Waals surface area (Å²) in [6, 6.07) is 10.6. The predicted molar refractivity (Wildman–Crippen MR) is 96.0 cm³/mol. The summed E-state index contributed by atoms with van der Waals surface area (Å²) in [5.41, 5.74) is 1.04. The van der Waals surface area contributed by atoms with Crippen LogP contribution in [0.15, 0.2) is 46.9 Å². The lowest BCUT2D eigenvalue weighted by Crippen LogP contribution is -2.25. The topological polar surface area (TPSA) is 102 Å². The minimum atomic E-state index is -0.571. The average Bonchev–Trinajstić information content (AvgIpc) is 2.61. The number of carbonyl (C=O) groups excluding carboxylic acids is 2. The molecule has 0 bridgehead atoms. The molecule has 0 radical (unpaired) electrons. The van der Waals surface area contributed by atoms with Gasteiger partial charge in [-0.2, -0.15) is 0 Å². The van der Waals surface area contributed by atoms with E-state index in [1.54, 1.807) is 31.3 Å². The van der Waals surface area contributed by atoms with Gasteiger partial charge in [0.25, 0.3) is 11.6 Å². The van der Waals surface area contributed by atoms with Gasteiger partial charge in [-0.3, -0.25) is 19.8 Å². The molecule has 130 valence electrons. The summed E-state index contributed by atoms with van der Waals surface area (Å²) in [6.45, 7) is 0. The molecule has 0 unspecified atom stereocenters. The number of nitro groups is 1. The number of ether oxygens (including phenoxy) is 1. The minimum absolute atomic E-state index is 0.158. The maximum absolute atomic E-state index is 12.2. The van der Waals surface area contributed by atoms with E-state index < -0.39 is 16.9 Å². The smallest absolute Gasteiger partial charge is 0.413 e. The average molecular weight is 408 g/mol. The molecule has 2 amide bonds. The van der Waals surface area contributed by atoms with Gasteiger partial charge in [-0.1, -0.05) is 0 Å². The van der Waals surface area contributed by atoms with Crippen molar-refractivity contribution in [1.29, 1.82) is 0 Å². The summed E-state index contributed by atoms with van der Waals surface area (Å²) >= 11 is 3.07. The zero-order valence-corrected chi connectivity index (χ0v) is 14.9. The summed E-state index contributed by atoms with van der Waals surface area (Å²) in [7, 11) is 2.84. The fourth-order valence-electron chi connectivity index (χ4n) is 2.01. The Balaban J connectivity index is 2.14. The molecule has 2 aromatic carbocycles. The van der Waals surface area contributed by atoms with Crippen LogP contribution in [0.25, 0.3) is 0 Å². The van der Waals surface area contributed by atoms with Crippen molar-refractivity contribution in [2.45, 2.75) is 0 Å². The van der Waals surface area contributed by atoms with Gasteiger partial charge in [0.05, 0.1) is 16.5 Å². The number of nitro benzene ring substituents is 1. The van der Waals surface area contributed by atoms with Crippen LogP contribution < -0.4 is 10.2 Å². The maximum atomic E-state index is 12.2. The van der Waals surface area contributed by atoms with Crippen LogP contribution in [0.4, 0.5) is 21.9 Å². The highest BCUT2D eigenvalue weighted by molar-refractivity contribution is 9.10. The van der Waals surface area contributed by atoms with Crippen LogP contribution in [0.1, 0.15) is 10.4 Å².